The molecule has 0 fully saturated rings. The fourth-order valence-electron chi connectivity index (χ4n) is 0.953. The summed E-state index contributed by atoms with van der Waals surface area (Å²) < 4.78 is 40.1. The predicted molar refractivity (Wildman–Crippen MR) is 47.7 cm³/mol. The van der Waals surface area contributed by atoms with Gasteiger partial charge >= 0.3 is 6.18 Å². The van der Waals surface area contributed by atoms with Crippen molar-refractivity contribution in [3.05, 3.63) is 28.8 Å². The molecule has 1 nitrogen and oxygen atoms in total. The minimum absolute atomic E-state index is 0.0893. The van der Waals surface area contributed by atoms with Gasteiger partial charge in [0.05, 0.1) is 5.02 Å². The summed E-state index contributed by atoms with van der Waals surface area (Å²) in [6, 6.07) is 4.77. The van der Waals surface area contributed by atoms with Crippen molar-refractivity contribution in [2.45, 2.75) is 13.1 Å². The molecule has 0 amide bonds. The van der Waals surface area contributed by atoms with Crippen LogP contribution in [0.3, 0.4) is 0 Å². The van der Waals surface area contributed by atoms with E-state index in [1.54, 1.807) is 19.1 Å². The lowest BCUT2D eigenvalue weighted by Crippen LogP contribution is -2.19. The van der Waals surface area contributed by atoms with Crippen LogP contribution < -0.4 is 4.74 Å². The summed E-state index contributed by atoms with van der Waals surface area (Å²) in [4.78, 5) is 0. The zero-order valence-electron chi connectivity index (χ0n) is 7.36. The summed E-state index contributed by atoms with van der Waals surface area (Å²) in [6.07, 6.45) is -4.34. The molecule has 0 saturated heterocycles. The Hall–Kier alpha value is -0.900. The second-order valence-corrected chi connectivity index (χ2v) is 3.20. The molecule has 1 aromatic carbocycles. The fraction of sp³-hybridized carbons (Fsp3) is 0.333. The van der Waals surface area contributed by atoms with Crippen LogP contribution in [0.1, 0.15) is 5.56 Å². The first kappa shape index (κ1) is 11.2. The molecule has 0 atom stereocenters. The first-order valence-corrected chi connectivity index (χ1v) is 4.22. The monoisotopic (exact) mass is 224 g/mol. The molecule has 0 aliphatic carbocycles. The van der Waals surface area contributed by atoms with Crippen molar-refractivity contribution < 1.29 is 17.9 Å². The maximum Gasteiger partial charge on any atom is 0.422 e. The van der Waals surface area contributed by atoms with E-state index in [4.69, 9.17) is 11.6 Å². The van der Waals surface area contributed by atoms with Gasteiger partial charge in [0.1, 0.15) is 5.75 Å². The van der Waals surface area contributed by atoms with Gasteiger partial charge in [-0.15, -0.1) is 0 Å². The van der Waals surface area contributed by atoms with Crippen molar-refractivity contribution in [2.24, 2.45) is 0 Å². The number of aryl methyl sites for hydroxylation is 1. The van der Waals surface area contributed by atoms with E-state index in [-0.39, 0.29) is 10.8 Å². The van der Waals surface area contributed by atoms with Gasteiger partial charge in [0.15, 0.2) is 6.61 Å². The van der Waals surface area contributed by atoms with Gasteiger partial charge in [0, 0.05) is 0 Å². The molecule has 0 unspecified atom stereocenters. The van der Waals surface area contributed by atoms with Gasteiger partial charge in [-0.05, 0) is 18.6 Å². The van der Waals surface area contributed by atoms with Gasteiger partial charge < -0.3 is 4.74 Å². The second kappa shape index (κ2) is 4.09. The van der Waals surface area contributed by atoms with Crippen LogP contribution in [0, 0.1) is 6.92 Å². The molecule has 14 heavy (non-hydrogen) atoms. The summed E-state index contributed by atoms with van der Waals surface area (Å²) in [5.74, 6) is 0.0893. The summed E-state index contributed by atoms with van der Waals surface area (Å²) in [5, 5.41) is 0.189. The average Bonchev–Trinajstić information content (AvgIpc) is 2.01. The van der Waals surface area contributed by atoms with Gasteiger partial charge in [-0.25, -0.2) is 0 Å². The van der Waals surface area contributed by atoms with Crippen molar-refractivity contribution in [3.63, 3.8) is 0 Å². The molecule has 0 radical (unpaired) electrons. The SMILES string of the molecule is Cc1cccc(Cl)c1OCC(F)(F)F. The van der Waals surface area contributed by atoms with E-state index >= 15 is 0 Å². The molecule has 0 saturated carbocycles. The molecule has 5 heteroatoms. The molecular weight excluding hydrogens is 217 g/mol. The third-order valence-corrected chi connectivity index (χ3v) is 1.84. The van der Waals surface area contributed by atoms with Gasteiger partial charge in [-0.1, -0.05) is 23.7 Å². The highest BCUT2D eigenvalue weighted by atomic mass is 35.5. The zero-order valence-corrected chi connectivity index (χ0v) is 8.12. The molecule has 1 aromatic rings. The number of para-hydroxylation sites is 1. The first-order chi connectivity index (χ1) is 6.40. The number of rotatable bonds is 2. The Labute approximate surface area is 84.4 Å². The molecular formula is C9H8ClF3O. The van der Waals surface area contributed by atoms with Gasteiger partial charge in [0.25, 0.3) is 0 Å². The van der Waals surface area contributed by atoms with E-state index in [1.165, 1.54) is 6.07 Å². The van der Waals surface area contributed by atoms with Crippen molar-refractivity contribution in [2.75, 3.05) is 6.61 Å². The molecule has 1 rings (SSSR count). The number of hydrogen-bond donors (Lipinski definition) is 0. The normalized spacial score (nSPS) is 11.5. The lowest BCUT2D eigenvalue weighted by atomic mass is 10.2. The molecule has 0 aromatic heterocycles. The summed E-state index contributed by atoms with van der Waals surface area (Å²) >= 11 is 5.67. The molecule has 78 valence electrons. The number of benzene rings is 1. The highest BCUT2D eigenvalue weighted by Gasteiger charge is 2.29. The van der Waals surface area contributed by atoms with E-state index < -0.39 is 12.8 Å². The van der Waals surface area contributed by atoms with Crippen molar-refractivity contribution in [3.8, 4) is 5.75 Å². The number of ether oxygens (including phenoxy) is 1. The third-order valence-electron chi connectivity index (χ3n) is 1.54. The Morgan fingerprint density at radius 1 is 1.36 bits per heavy atom. The number of alkyl halides is 3. The van der Waals surface area contributed by atoms with E-state index in [9.17, 15) is 13.2 Å². The highest BCUT2D eigenvalue weighted by Crippen LogP contribution is 2.29. The Bertz CT molecular complexity index is 302. The van der Waals surface area contributed by atoms with Crippen molar-refractivity contribution in [1.29, 1.82) is 0 Å². The van der Waals surface area contributed by atoms with Crippen LogP contribution >= 0.6 is 11.6 Å². The lowest BCUT2D eigenvalue weighted by molar-refractivity contribution is -0.153. The van der Waals surface area contributed by atoms with Crippen LogP contribution in [-0.4, -0.2) is 12.8 Å². The van der Waals surface area contributed by atoms with Crippen molar-refractivity contribution >= 4 is 11.6 Å². The summed E-state index contributed by atoms with van der Waals surface area (Å²) in [7, 11) is 0. The van der Waals surface area contributed by atoms with Crippen molar-refractivity contribution in [1.82, 2.24) is 0 Å². The highest BCUT2D eigenvalue weighted by molar-refractivity contribution is 6.32. The minimum atomic E-state index is -4.34. The molecule has 0 spiro atoms. The van der Waals surface area contributed by atoms with E-state index in [2.05, 4.69) is 4.74 Å². The Balaban J connectivity index is 2.77. The molecule has 0 bridgehead atoms. The Morgan fingerprint density at radius 3 is 2.50 bits per heavy atom. The molecule has 0 aliphatic rings. The Kier molecular flexibility index (Phi) is 3.26. The maximum atomic E-state index is 11.8. The van der Waals surface area contributed by atoms with Crippen LogP contribution in [0.25, 0.3) is 0 Å². The van der Waals surface area contributed by atoms with Gasteiger partial charge in [-0.3, -0.25) is 0 Å². The van der Waals surface area contributed by atoms with Crippen LogP contribution in [0.4, 0.5) is 13.2 Å². The second-order valence-electron chi connectivity index (χ2n) is 2.79. The number of halogens is 4. The van der Waals surface area contributed by atoms with Gasteiger partial charge in [-0.2, -0.15) is 13.2 Å². The standard InChI is InChI=1S/C9H8ClF3O/c1-6-3-2-4-7(10)8(6)14-5-9(11,12)13/h2-4H,5H2,1H3. The number of hydrogen-bond acceptors (Lipinski definition) is 1. The van der Waals surface area contributed by atoms with E-state index in [0.29, 0.717) is 5.56 Å². The molecule has 0 N–H and O–H groups in total. The van der Waals surface area contributed by atoms with Crippen LogP contribution in [0.15, 0.2) is 18.2 Å². The zero-order chi connectivity index (χ0) is 10.8. The fourth-order valence-corrected chi connectivity index (χ4v) is 1.23. The largest absolute Gasteiger partial charge is 0.482 e. The lowest BCUT2D eigenvalue weighted by Gasteiger charge is -2.12. The minimum Gasteiger partial charge on any atom is -0.482 e. The maximum absolute atomic E-state index is 11.8. The smallest absolute Gasteiger partial charge is 0.422 e. The summed E-state index contributed by atoms with van der Waals surface area (Å²) in [6.45, 7) is 0.315. The van der Waals surface area contributed by atoms with Gasteiger partial charge in [0.2, 0.25) is 0 Å². The van der Waals surface area contributed by atoms with E-state index in [1.807, 2.05) is 0 Å². The Morgan fingerprint density at radius 2 is 2.00 bits per heavy atom. The first-order valence-electron chi connectivity index (χ1n) is 3.85. The molecule has 0 heterocycles. The van der Waals surface area contributed by atoms with Crippen LogP contribution in [-0.2, 0) is 0 Å². The topological polar surface area (TPSA) is 9.23 Å². The predicted octanol–water partition coefficient (Wildman–Crippen LogP) is 3.59. The van der Waals surface area contributed by atoms with E-state index in [0.717, 1.165) is 0 Å². The van der Waals surface area contributed by atoms with Crippen LogP contribution in [0.2, 0.25) is 5.02 Å². The molecule has 0 aliphatic heterocycles. The quantitative estimate of drug-likeness (QED) is 0.746. The third kappa shape index (κ3) is 3.10. The average molecular weight is 225 g/mol. The summed E-state index contributed by atoms with van der Waals surface area (Å²) in [5.41, 5.74) is 0.585. The van der Waals surface area contributed by atoms with Crippen LogP contribution in [0.5, 0.6) is 5.75 Å².